The van der Waals surface area contributed by atoms with E-state index < -0.39 is 0 Å². The van der Waals surface area contributed by atoms with Crippen molar-refractivity contribution in [2.24, 2.45) is 0 Å². The van der Waals surface area contributed by atoms with E-state index in [9.17, 15) is 4.79 Å². The molecule has 0 aliphatic carbocycles. The Bertz CT molecular complexity index is 1150. The number of carbonyl (C=O) groups excluding carboxylic acids is 1. The molecule has 0 fully saturated rings. The van der Waals surface area contributed by atoms with Crippen LogP contribution < -0.4 is 4.74 Å². The molecule has 28 heavy (non-hydrogen) atoms. The SMILES string of the molecule is COc1ccc(C)cc1-n1nnnc1SC(C)C(=O)c1c[nH]c2ccccc12. The standard InChI is InChI=1S/C20H19N5O2S/c1-12-8-9-18(27-3)17(10-12)25-20(22-23-24-25)28-13(2)19(26)15-11-21-16-7-5-4-6-14(15)16/h4-11,13,21H,1-3H3. The molecule has 0 aliphatic heterocycles. The van der Waals surface area contributed by atoms with Gasteiger partial charge in [0.2, 0.25) is 5.16 Å². The first-order chi connectivity index (χ1) is 13.6. The van der Waals surface area contributed by atoms with Crippen LogP contribution >= 0.6 is 11.8 Å². The number of fused-ring (bicyclic) bond motifs is 1. The Morgan fingerprint density at radius 1 is 1.25 bits per heavy atom. The molecular weight excluding hydrogens is 374 g/mol. The number of Topliss-reactive ketones (excluding diaryl/α,β-unsaturated/α-hetero) is 1. The molecule has 2 aromatic heterocycles. The third kappa shape index (κ3) is 3.27. The summed E-state index contributed by atoms with van der Waals surface area (Å²) in [6.45, 7) is 3.85. The number of benzene rings is 2. The number of aromatic nitrogens is 5. The van der Waals surface area contributed by atoms with Crippen molar-refractivity contribution >= 4 is 28.4 Å². The fourth-order valence-corrected chi connectivity index (χ4v) is 3.94. The molecule has 8 heteroatoms. The number of H-pyrrole nitrogens is 1. The summed E-state index contributed by atoms with van der Waals surface area (Å²) >= 11 is 1.32. The van der Waals surface area contributed by atoms with Gasteiger partial charge in [-0.05, 0) is 48.0 Å². The number of carbonyl (C=O) groups is 1. The number of nitrogens with zero attached hydrogens (tertiary/aromatic N) is 4. The van der Waals surface area contributed by atoms with Gasteiger partial charge in [-0.3, -0.25) is 4.79 Å². The molecule has 2 heterocycles. The van der Waals surface area contributed by atoms with E-state index in [0.29, 0.717) is 16.5 Å². The second-order valence-corrected chi connectivity index (χ2v) is 7.73. The van der Waals surface area contributed by atoms with Crippen LogP contribution in [0.3, 0.4) is 0 Å². The molecular formula is C20H19N5O2S. The number of hydrogen-bond donors (Lipinski definition) is 1. The summed E-state index contributed by atoms with van der Waals surface area (Å²) in [5, 5.41) is 13.1. The van der Waals surface area contributed by atoms with Gasteiger partial charge in [0.25, 0.3) is 0 Å². The molecule has 0 amide bonds. The van der Waals surface area contributed by atoms with Crippen LogP contribution in [-0.4, -0.2) is 43.3 Å². The minimum atomic E-state index is -0.361. The van der Waals surface area contributed by atoms with Gasteiger partial charge >= 0.3 is 0 Å². The number of tetrazole rings is 1. The Morgan fingerprint density at radius 3 is 2.89 bits per heavy atom. The van der Waals surface area contributed by atoms with Crippen molar-refractivity contribution in [1.29, 1.82) is 0 Å². The number of aromatic amines is 1. The largest absolute Gasteiger partial charge is 0.494 e. The summed E-state index contributed by atoms with van der Waals surface area (Å²) in [6, 6.07) is 13.5. The normalized spacial score (nSPS) is 12.2. The Labute approximate surface area is 166 Å². The zero-order valence-corrected chi connectivity index (χ0v) is 16.5. The molecule has 1 atom stereocenters. The van der Waals surface area contributed by atoms with Crippen molar-refractivity contribution in [2.75, 3.05) is 7.11 Å². The molecule has 0 aliphatic rings. The number of rotatable bonds is 6. The van der Waals surface area contributed by atoms with Crippen LogP contribution in [0.5, 0.6) is 5.75 Å². The Kier molecular flexibility index (Phi) is 4.87. The smallest absolute Gasteiger partial charge is 0.214 e. The zero-order valence-electron chi connectivity index (χ0n) is 15.7. The van der Waals surface area contributed by atoms with E-state index in [1.165, 1.54) is 11.8 Å². The van der Waals surface area contributed by atoms with Gasteiger partial charge in [0.15, 0.2) is 5.78 Å². The van der Waals surface area contributed by atoms with Crippen LogP contribution in [-0.2, 0) is 0 Å². The zero-order chi connectivity index (χ0) is 19.7. The molecule has 0 spiro atoms. The minimum absolute atomic E-state index is 0.0215. The summed E-state index contributed by atoms with van der Waals surface area (Å²) in [6.07, 6.45) is 1.76. The fourth-order valence-electron chi connectivity index (χ4n) is 3.08. The first-order valence-electron chi connectivity index (χ1n) is 8.79. The Morgan fingerprint density at radius 2 is 2.07 bits per heavy atom. The highest BCUT2D eigenvalue weighted by atomic mass is 32.2. The van der Waals surface area contributed by atoms with Crippen LogP contribution in [0.15, 0.2) is 53.8 Å². The molecule has 4 aromatic rings. The average molecular weight is 393 g/mol. The van der Waals surface area contributed by atoms with Gasteiger partial charge < -0.3 is 9.72 Å². The fraction of sp³-hybridized carbons (Fsp3) is 0.200. The molecule has 2 aromatic carbocycles. The van der Waals surface area contributed by atoms with E-state index in [4.69, 9.17) is 4.74 Å². The van der Waals surface area contributed by atoms with Crippen molar-refractivity contribution < 1.29 is 9.53 Å². The Hall–Kier alpha value is -3.13. The number of hydrogen-bond acceptors (Lipinski definition) is 6. The van der Waals surface area contributed by atoms with E-state index >= 15 is 0 Å². The van der Waals surface area contributed by atoms with Crippen molar-refractivity contribution in [3.05, 3.63) is 59.8 Å². The first-order valence-corrected chi connectivity index (χ1v) is 9.67. The summed E-state index contributed by atoms with van der Waals surface area (Å²) in [5.41, 5.74) is 3.41. The van der Waals surface area contributed by atoms with Gasteiger partial charge in [-0.1, -0.05) is 36.0 Å². The van der Waals surface area contributed by atoms with Crippen LogP contribution in [0.25, 0.3) is 16.6 Å². The van der Waals surface area contributed by atoms with Crippen molar-refractivity contribution in [2.45, 2.75) is 24.3 Å². The van der Waals surface area contributed by atoms with E-state index in [1.54, 1.807) is 18.0 Å². The highest BCUT2D eigenvalue weighted by molar-refractivity contribution is 8.00. The highest BCUT2D eigenvalue weighted by Gasteiger charge is 2.23. The lowest BCUT2D eigenvalue weighted by Gasteiger charge is -2.12. The summed E-state index contributed by atoms with van der Waals surface area (Å²) in [7, 11) is 1.61. The molecule has 1 N–H and O–H groups in total. The van der Waals surface area contributed by atoms with Gasteiger partial charge in [0.05, 0.1) is 12.4 Å². The van der Waals surface area contributed by atoms with Crippen molar-refractivity contribution in [3.63, 3.8) is 0 Å². The monoisotopic (exact) mass is 393 g/mol. The molecule has 142 valence electrons. The molecule has 4 rings (SSSR count). The van der Waals surface area contributed by atoms with Crippen molar-refractivity contribution in [1.82, 2.24) is 25.2 Å². The Balaban J connectivity index is 1.63. The molecule has 0 saturated heterocycles. The van der Waals surface area contributed by atoms with Crippen LogP contribution in [0.4, 0.5) is 0 Å². The average Bonchev–Trinajstić information content (AvgIpc) is 3.34. The predicted octanol–water partition coefficient (Wildman–Crippen LogP) is 3.82. The van der Waals surface area contributed by atoms with Crippen molar-refractivity contribution in [3.8, 4) is 11.4 Å². The highest BCUT2D eigenvalue weighted by Crippen LogP contribution is 2.30. The lowest BCUT2D eigenvalue weighted by molar-refractivity contribution is 0.0995. The van der Waals surface area contributed by atoms with Gasteiger partial charge in [-0.25, -0.2) is 0 Å². The summed E-state index contributed by atoms with van der Waals surface area (Å²) in [5.74, 6) is 0.684. The summed E-state index contributed by atoms with van der Waals surface area (Å²) in [4.78, 5) is 16.2. The molecule has 1 unspecified atom stereocenters. The summed E-state index contributed by atoms with van der Waals surface area (Å²) < 4.78 is 7.05. The number of methoxy groups -OCH3 is 1. The van der Waals surface area contributed by atoms with Crippen LogP contribution in [0.2, 0.25) is 0 Å². The molecule has 0 radical (unpaired) electrons. The van der Waals surface area contributed by atoms with Gasteiger partial charge in [-0.2, -0.15) is 4.68 Å². The predicted molar refractivity (Wildman–Crippen MR) is 108 cm³/mol. The van der Waals surface area contributed by atoms with Gasteiger partial charge in [0, 0.05) is 22.7 Å². The maximum absolute atomic E-state index is 13.0. The third-order valence-electron chi connectivity index (χ3n) is 4.51. The minimum Gasteiger partial charge on any atom is -0.494 e. The van der Waals surface area contributed by atoms with Crippen LogP contribution in [0.1, 0.15) is 22.8 Å². The third-order valence-corrected chi connectivity index (χ3v) is 5.54. The van der Waals surface area contributed by atoms with Gasteiger partial charge in [0.1, 0.15) is 11.4 Å². The number of ketones is 1. The molecule has 0 bridgehead atoms. The van der Waals surface area contributed by atoms with E-state index in [2.05, 4.69) is 20.5 Å². The maximum atomic E-state index is 13.0. The van der Waals surface area contributed by atoms with Crippen LogP contribution in [0, 0.1) is 6.92 Å². The number of aryl methyl sites for hydroxylation is 1. The van der Waals surface area contributed by atoms with E-state index in [1.807, 2.05) is 56.3 Å². The second-order valence-electron chi connectivity index (χ2n) is 6.42. The number of ether oxygens (including phenoxy) is 1. The quantitative estimate of drug-likeness (QED) is 0.396. The first kappa shape index (κ1) is 18.2. The number of nitrogens with one attached hydrogen (secondary N) is 1. The topological polar surface area (TPSA) is 85.7 Å². The lowest BCUT2D eigenvalue weighted by atomic mass is 10.1. The second kappa shape index (κ2) is 7.47. The maximum Gasteiger partial charge on any atom is 0.214 e. The molecule has 0 saturated carbocycles. The van der Waals surface area contributed by atoms with E-state index in [0.717, 1.165) is 22.2 Å². The lowest BCUT2D eigenvalue weighted by Crippen LogP contribution is -2.14. The number of para-hydroxylation sites is 1. The molecule has 7 nitrogen and oxygen atoms in total. The van der Waals surface area contributed by atoms with E-state index in [-0.39, 0.29) is 11.0 Å². The van der Waals surface area contributed by atoms with Gasteiger partial charge in [-0.15, -0.1) is 5.10 Å². The number of thioether (sulfide) groups is 1.